The first-order chi connectivity index (χ1) is 7.52. The standard InChI is InChI=1S/C13H23NOS/c1-9(2)5-10(3)15-8-12-6-13(7-14)16-11(12)4/h6,9-10H,5,7-8,14H2,1-4H3. The van der Waals surface area contributed by atoms with Crippen LogP contribution in [0.25, 0.3) is 0 Å². The summed E-state index contributed by atoms with van der Waals surface area (Å²) in [7, 11) is 0. The first kappa shape index (κ1) is 13.7. The Hall–Kier alpha value is -0.380. The van der Waals surface area contributed by atoms with E-state index in [4.69, 9.17) is 10.5 Å². The minimum atomic E-state index is 0.334. The predicted molar refractivity (Wildman–Crippen MR) is 70.7 cm³/mol. The smallest absolute Gasteiger partial charge is 0.0731 e. The van der Waals surface area contributed by atoms with Crippen molar-refractivity contribution in [1.29, 1.82) is 0 Å². The molecule has 2 N–H and O–H groups in total. The number of hydrogen-bond acceptors (Lipinski definition) is 3. The van der Waals surface area contributed by atoms with Gasteiger partial charge in [0.1, 0.15) is 0 Å². The first-order valence-corrected chi connectivity index (χ1v) is 6.74. The Labute approximate surface area is 103 Å². The monoisotopic (exact) mass is 241 g/mol. The van der Waals surface area contributed by atoms with E-state index in [2.05, 4.69) is 33.8 Å². The predicted octanol–water partition coefficient (Wildman–Crippen LogP) is 3.47. The summed E-state index contributed by atoms with van der Waals surface area (Å²) in [4.78, 5) is 2.57. The van der Waals surface area contributed by atoms with Crippen molar-refractivity contribution in [2.75, 3.05) is 0 Å². The van der Waals surface area contributed by atoms with Crippen molar-refractivity contribution in [3.05, 3.63) is 21.4 Å². The summed E-state index contributed by atoms with van der Waals surface area (Å²) in [5, 5.41) is 0. The third-order valence-electron chi connectivity index (χ3n) is 2.60. The molecule has 0 saturated heterocycles. The van der Waals surface area contributed by atoms with Crippen LogP contribution >= 0.6 is 11.3 Å². The molecule has 3 heteroatoms. The second kappa shape index (κ2) is 6.38. The zero-order valence-corrected chi connectivity index (χ0v) is 11.6. The summed E-state index contributed by atoms with van der Waals surface area (Å²) in [5.41, 5.74) is 6.92. The second-order valence-electron chi connectivity index (χ2n) is 4.75. The van der Waals surface area contributed by atoms with Gasteiger partial charge in [-0.3, -0.25) is 0 Å². The third kappa shape index (κ3) is 4.24. The lowest BCUT2D eigenvalue weighted by atomic mass is 10.1. The molecule has 0 spiro atoms. The van der Waals surface area contributed by atoms with Gasteiger partial charge in [0.25, 0.3) is 0 Å². The normalized spacial score (nSPS) is 13.4. The van der Waals surface area contributed by atoms with E-state index in [1.807, 2.05) is 0 Å². The van der Waals surface area contributed by atoms with E-state index >= 15 is 0 Å². The molecule has 1 rings (SSSR count). The number of nitrogens with two attached hydrogens (primary N) is 1. The molecule has 2 nitrogen and oxygen atoms in total. The Kier molecular flexibility index (Phi) is 5.46. The van der Waals surface area contributed by atoms with Crippen molar-refractivity contribution in [2.45, 2.75) is 53.4 Å². The topological polar surface area (TPSA) is 35.2 Å². The van der Waals surface area contributed by atoms with Gasteiger partial charge in [-0.05, 0) is 37.8 Å². The molecule has 1 aromatic heterocycles. The van der Waals surface area contributed by atoms with E-state index in [1.165, 1.54) is 15.3 Å². The first-order valence-electron chi connectivity index (χ1n) is 5.92. The van der Waals surface area contributed by atoms with Crippen LogP contribution in [-0.2, 0) is 17.9 Å². The average molecular weight is 241 g/mol. The molecule has 0 bridgehead atoms. The van der Waals surface area contributed by atoms with Gasteiger partial charge in [-0.2, -0.15) is 0 Å². The fourth-order valence-electron chi connectivity index (χ4n) is 1.80. The van der Waals surface area contributed by atoms with Crippen LogP contribution in [0.5, 0.6) is 0 Å². The van der Waals surface area contributed by atoms with E-state index in [0.29, 0.717) is 18.6 Å². The zero-order valence-electron chi connectivity index (χ0n) is 10.7. The van der Waals surface area contributed by atoms with Crippen LogP contribution in [0.1, 0.15) is 42.5 Å². The van der Waals surface area contributed by atoms with Crippen LogP contribution in [0.15, 0.2) is 6.07 Å². The highest BCUT2D eigenvalue weighted by atomic mass is 32.1. The van der Waals surface area contributed by atoms with Crippen LogP contribution in [0, 0.1) is 12.8 Å². The van der Waals surface area contributed by atoms with Crippen LogP contribution in [0.3, 0.4) is 0 Å². The van der Waals surface area contributed by atoms with Gasteiger partial charge >= 0.3 is 0 Å². The van der Waals surface area contributed by atoms with Gasteiger partial charge in [-0.25, -0.2) is 0 Å². The van der Waals surface area contributed by atoms with Gasteiger partial charge in [0.05, 0.1) is 12.7 Å². The van der Waals surface area contributed by atoms with Gasteiger partial charge in [0.2, 0.25) is 0 Å². The molecule has 0 aromatic carbocycles. The highest BCUT2D eigenvalue weighted by molar-refractivity contribution is 7.12. The Bertz CT molecular complexity index is 320. The number of aryl methyl sites for hydroxylation is 1. The molecule has 92 valence electrons. The molecule has 1 atom stereocenters. The number of rotatable bonds is 6. The van der Waals surface area contributed by atoms with Gasteiger partial charge in [0.15, 0.2) is 0 Å². The van der Waals surface area contributed by atoms with Crippen molar-refractivity contribution in [3.8, 4) is 0 Å². The van der Waals surface area contributed by atoms with Crippen molar-refractivity contribution >= 4 is 11.3 Å². The van der Waals surface area contributed by atoms with Crippen LogP contribution in [0.4, 0.5) is 0 Å². The van der Waals surface area contributed by atoms with E-state index in [-0.39, 0.29) is 0 Å². The van der Waals surface area contributed by atoms with E-state index in [1.54, 1.807) is 11.3 Å². The fraction of sp³-hybridized carbons (Fsp3) is 0.692. The lowest BCUT2D eigenvalue weighted by molar-refractivity contribution is 0.0396. The molecule has 0 aliphatic rings. The van der Waals surface area contributed by atoms with Gasteiger partial charge < -0.3 is 10.5 Å². The molecule has 0 saturated carbocycles. The maximum atomic E-state index is 5.84. The average Bonchev–Trinajstić information content (AvgIpc) is 2.55. The van der Waals surface area contributed by atoms with E-state index < -0.39 is 0 Å². The molecule has 1 aromatic rings. The fourth-order valence-corrected chi connectivity index (χ4v) is 2.72. The Morgan fingerprint density at radius 3 is 2.56 bits per heavy atom. The maximum Gasteiger partial charge on any atom is 0.0731 e. The number of ether oxygens (including phenoxy) is 1. The minimum absolute atomic E-state index is 0.334. The highest BCUT2D eigenvalue weighted by Gasteiger charge is 2.08. The van der Waals surface area contributed by atoms with E-state index in [9.17, 15) is 0 Å². The van der Waals surface area contributed by atoms with Crippen LogP contribution in [-0.4, -0.2) is 6.10 Å². The molecular formula is C13H23NOS. The van der Waals surface area contributed by atoms with Crippen LogP contribution < -0.4 is 5.73 Å². The summed E-state index contributed by atoms with van der Waals surface area (Å²) in [5.74, 6) is 0.693. The molecule has 0 fully saturated rings. The second-order valence-corrected chi connectivity index (χ2v) is 6.09. The lowest BCUT2D eigenvalue weighted by Crippen LogP contribution is -2.11. The highest BCUT2D eigenvalue weighted by Crippen LogP contribution is 2.22. The van der Waals surface area contributed by atoms with Crippen molar-refractivity contribution < 1.29 is 4.74 Å². The molecule has 16 heavy (non-hydrogen) atoms. The maximum absolute atomic E-state index is 5.84. The van der Waals surface area contributed by atoms with Gasteiger partial charge in [-0.15, -0.1) is 11.3 Å². The molecular weight excluding hydrogens is 218 g/mol. The third-order valence-corrected chi connectivity index (χ3v) is 3.71. The lowest BCUT2D eigenvalue weighted by Gasteiger charge is -2.14. The Balaban J connectivity index is 2.44. The number of thiophene rings is 1. The molecule has 0 aliphatic heterocycles. The zero-order chi connectivity index (χ0) is 12.1. The Morgan fingerprint density at radius 1 is 1.38 bits per heavy atom. The summed E-state index contributed by atoms with van der Waals surface area (Å²) in [6.07, 6.45) is 1.45. The summed E-state index contributed by atoms with van der Waals surface area (Å²) < 4.78 is 5.84. The Morgan fingerprint density at radius 2 is 2.06 bits per heavy atom. The molecule has 0 aliphatic carbocycles. The van der Waals surface area contributed by atoms with Gasteiger partial charge in [0, 0.05) is 16.3 Å². The molecule has 0 amide bonds. The summed E-state index contributed by atoms with van der Waals surface area (Å²) in [6.45, 7) is 10.1. The molecule has 1 heterocycles. The van der Waals surface area contributed by atoms with Gasteiger partial charge in [-0.1, -0.05) is 13.8 Å². The summed E-state index contributed by atoms with van der Waals surface area (Å²) >= 11 is 1.77. The molecule has 0 radical (unpaired) electrons. The van der Waals surface area contributed by atoms with Crippen molar-refractivity contribution in [3.63, 3.8) is 0 Å². The van der Waals surface area contributed by atoms with Crippen molar-refractivity contribution in [2.24, 2.45) is 11.7 Å². The SMILES string of the molecule is Cc1sc(CN)cc1COC(C)CC(C)C. The quantitative estimate of drug-likeness (QED) is 0.827. The van der Waals surface area contributed by atoms with E-state index in [0.717, 1.165) is 13.0 Å². The van der Waals surface area contributed by atoms with Crippen LogP contribution in [0.2, 0.25) is 0 Å². The van der Waals surface area contributed by atoms with Crippen molar-refractivity contribution in [1.82, 2.24) is 0 Å². The largest absolute Gasteiger partial charge is 0.374 e. The molecule has 1 unspecified atom stereocenters. The summed E-state index contributed by atoms with van der Waals surface area (Å²) in [6, 6.07) is 2.17. The number of hydrogen-bond donors (Lipinski definition) is 1. The minimum Gasteiger partial charge on any atom is -0.374 e.